The number of carbonyl (C=O) groups is 2. The first-order chi connectivity index (χ1) is 12.6. The van der Waals surface area contributed by atoms with Crippen molar-refractivity contribution in [1.29, 1.82) is 0 Å². The number of nitrogens with one attached hydrogen (secondary N) is 2. The van der Waals surface area contributed by atoms with Gasteiger partial charge in [-0.1, -0.05) is 36.4 Å². The van der Waals surface area contributed by atoms with Crippen molar-refractivity contribution in [2.45, 2.75) is 19.1 Å². The molecule has 7 heteroatoms. The van der Waals surface area contributed by atoms with E-state index in [0.717, 1.165) is 5.56 Å². The molecule has 0 fully saturated rings. The van der Waals surface area contributed by atoms with Gasteiger partial charge in [0.1, 0.15) is 0 Å². The zero-order chi connectivity index (χ0) is 18.4. The van der Waals surface area contributed by atoms with Gasteiger partial charge in [0, 0.05) is 13.1 Å². The highest BCUT2D eigenvalue weighted by molar-refractivity contribution is 6.35. The highest BCUT2D eigenvalue weighted by Gasteiger charge is 2.17. The van der Waals surface area contributed by atoms with Crippen LogP contribution in [-0.2, 0) is 16.1 Å². The molecule has 3 rings (SSSR count). The summed E-state index contributed by atoms with van der Waals surface area (Å²) < 4.78 is 10.5. The fourth-order valence-electron chi connectivity index (χ4n) is 2.55. The van der Waals surface area contributed by atoms with Crippen LogP contribution in [0.5, 0.6) is 11.5 Å². The van der Waals surface area contributed by atoms with Crippen LogP contribution in [-0.4, -0.2) is 30.3 Å². The summed E-state index contributed by atoms with van der Waals surface area (Å²) in [7, 11) is 0. The van der Waals surface area contributed by atoms with Gasteiger partial charge in [0.25, 0.3) is 0 Å². The molecule has 0 saturated carbocycles. The summed E-state index contributed by atoms with van der Waals surface area (Å²) in [5.74, 6) is -0.194. The van der Waals surface area contributed by atoms with E-state index in [1.807, 2.05) is 30.3 Å². The van der Waals surface area contributed by atoms with E-state index >= 15 is 0 Å². The van der Waals surface area contributed by atoms with Crippen LogP contribution in [0.1, 0.15) is 23.7 Å². The van der Waals surface area contributed by atoms with E-state index in [0.29, 0.717) is 17.1 Å². The Balaban J connectivity index is 1.40. The summed E-state index contributed by atoms with van der Waals surface area (Å²) in [5.41, 5.74) is 1.57. The van der Waals surface area contributed by atoms with Gasteiger partial charge in [0.05, 0.1) is 6.10 Å². The van der Waals surface area contributed by atoms with Crippen LogP contribution in [0.3, 0.4) is 0 Å². The molecule has 26 heavy (non-hydrogen) atoms. The molecule has 1 unspecified atom stereocenters. The summed E-state index contributed by atoms with van der Waals surface area (Å²) in [6.45, 7) is 0.628. The molecular weight excluding hydrogens is 336 g/mol. The average molecular weight is 356 g/mol. The Labute approximate surface area is 150 Å². The maximum Gasteiger partial charge on any atom is 0.309 e. The van der Waals surface area contributed by atoms with Gasteiger partial charge in [-0.2, -0.15) is 0 Å². The first kappa shape index (κ1) is 17.8. The Kier molecular flexibility index (Phi) is 5.70. The van der Waals surface area contributed by atoms with Crippen LogP contribution in [0.4, 0.5) is 0 Å². The molecule has 3 N–H and O–H groups in total. The number of aliphatic hydroxyl groups is 1. The summed E-state index contributed by atoms with van der Waals surface area (Å²) in [6.07, 6.45) is -0.505. The standard InChI is InChI=1S/C19H20N2O5/c22-15(14-6-7-16-17(10-14)26-12-25-16)8-9-20-18(23)19(24)21-11-13-4-2-1-3-5-13/h1-7,10,15,22H,8-9,11-12H2,(H,20,23)(H,21,24). The van der Waals surface area contributed by atoms with E-state index in [9.17, 15) is 14.7 Å². The fourth-order valence-corrected chi connectivity index (χ4v) is 2.55. The van der Waals surface area contributed by atoms with Crippen LogP contribution in [0.2, 0.25) is 0 Å². The minimum absolute atomic E-state index is 0.170. The van der Waals surface area contributed by atoms with E-state index in [1.54, 1.807) is 18.2 Å². The molecule has 1 heterocycles. The minimum Gasteiger partial charge on any atom is -0.454 e. The Bertz CT molecular complexity index is 779. The largest absolute Gasteiger partial charge is 0.454 e. The summed E-state index contributed by atoms with van der Waals surface area (Å²) in [4.78, 5) is 23.6. The average Bonchev–Trinajstić information content (AvgIpc) is 3.14. The van der Waals surface area contributed by atoms with Crippen LogP contribution in [0.25, 0.3) is 0 Å². The second-order valence-corrected chi connectivity index (χ2v) is 5.84. The van der Waals surface area contributed by atoms with E-state index in [4.69, 9.17) is 9.47 Å². The predicted molar refractivity (Wildman–Crippen MR) is 93.4 cm³/mol. The van der Waals surface area contributed by atoms with Crippen LogP contribution in [0.15, 0.2) is 48.5 Å². The van der Waals surface area contributed by atoms with Crippen molar-refractivity contribution < 1.29 is 24.2 Å². The molecule has 0 bridgehead atoms. The minimum atomic E-state index is -0.780. The molecule has 1 aliphatic rings. The number of carbonyl (C=O) groups excluding carboxylic acids is 2. The van der Waals surface area contributed by atoms with Gasteiger partial charge in [-0.25, -0.2) is 0 Å². The Morgan fingerprint density at radius 2 is 1.73 bits per heavy atom. The predicted octanol–water partition coefficient (Wildman–Crippen LogP) is 1.27. The molecule has 1 atom stereocenters. The van der Waals surface area contributed by atoms with Crippen LogP contribution < -0.4 is 20.1 Å². The number of aliphatic hydroxyl groups excluding tert-OH is 1. The smallest absolute Gasteiger partial charge is 0.309 e. The fraction of sp³-hybridized carbons (Fsp3) is 0.263. The van der Waals surface area contributed by atoms with Gasteiger partial charge in [-0.15, -0.1) is 0 Å². The zero-order valence-corrected chi connectivity index (χ0v) is 14.1. The van der Waals surface area contributed by atoms with Crippen molar-refractivity contribution in [3.63, 3.8) is 0 Å². The molecular formula is C19H20N2O5. The normalized spacial score (nSPS) is 13.1. The third kappa shape index (κ3) is 4.52. The molecule has 0 saturated heterocycles. The number of amides is 2. The number of fused-ring (bicyclic) bond motifs is 1. The van der Waals surface area contributed by atoms with Gasteiger partial charge in [0.2, 0.25) is 6.79 Å². The molecule has 1 aliphatic heterocycles. The van der Waals surface area contributed by atoms with Crippen molar-refractivity contribution in [2.24, 2.45) is 0 Å². The topological polar surface area (TPSA) is 96.9 Å². The Morgan fingerprint density at radius 3 is 2.54 bits per heavy atom. The van der Waals surface area contributed by atoms with E-state index < -0.39 is 17.9 Å². The highest BCUT2D eigenvalue weighted by Crippen LogP contribution is 2.34. The monoisotopic (exact) mass is 356 g/mol. The quantitative estimate of drug-likeness (QED) is 0.678. The van der Waals surface area contributed by atoms with Crippen LogP contribution in [0, 0.1) is 0 Å². The highest BCUT2D eigenvalue weighted by atomic mass is 16.7. The molecule has 0 aromatic heterocycles. The lowest BCUT2D eigenvalue weighted by Gasteiger charge is -2.12. The van der Waals surface area contributed by atoms with Gasteiger partial charge < -0.3 is 25.2 Å². The number of rotatable bonds is 6. The van der Waals surface area contributed by atoms with E-state index in [-0.39, 0.29) is 26.3 Å². The number of hydrogen-bond acceptors (Lipinski definition) is 5. The molecule has 0 aliphatic carbocycles. The van der Waals surface area contributed by atoms with Gasteiger partial charge in [-0.05, 0) is 29.7 Å². The van der Waals surface area contributed by atoms with Crippen LogP contribution >= 0.6 is 0 Å². The SMILES string of the molecule is O=C(NCCC(O)c1ccc2c(c1)OCO2)C(=O)NCc1ccccc1. The zero-order valence-electron chi connectivity index (χ0n) is 14.1. The van der Waals surface area contributed by atoms with Crippen molar-refractivity contribution in [2.75, 3.05) is 13.3 Å². The lowest BCUT2D eigenvalue weighted by molar-refractivity contribution is -0.139. The first-order valence-corrected chi connectivity index (χ1v) is 8.31. The number of hydrogen-bond donors (Lipinski definition) is 3. The lowest BCUT2D eigenvalue weighted by atomic mass is 10.1. The number of benzene rings is 2. The third-order valence-electron chi connectivity index (χ3n) is 3.99. The van der Waals surface area contributed by atoms with Gasteiger partial charge in [-0.3, -0.25) is 9.59 Å². The van der Waals surface area contributed by atoms with Crippen molar-refractivity contribution >= 4 is 11.8 Å². The molecule has 2 amide bonds. The second-order valence-electron chi connectivity index (χ2n) is 5.84. The van der Waals surface area contributed by atoms with E-state index in [2.05, 4.69) is 10.6 Å². The van der Waals surface area contributed by atoms with E-state index in [1.165, 1.54) is 0 Å². The maximum absolute atomic E-state index is 11.8. The maximum atomic E-state index is 11.8. The molecule has 136 valence electrons. The summed E-state index contributed by atoms with van der Waals surface area (Å²) >= 11 is 0. The first-order valence-electron chi connectivity index (χ1n) is 8.31. The van der Waals surface area contributed by atoms with Gasteiger partial charge >= 0.3 is 11.8 Å². The molecule has 0 radical (unpaired) electrons. The molecule has 2 aromatic rings. The Hall–Kier alpha value is -3.06. The summed E-state index contributed by atoms with van der Waals surface area (Å²) in [6, 6.07) is 14.5. The molecule has 7 nitrogen and oxygen atoms in total. The van der Waals surface area contributed by atoms with Crippen molar-refractivity contribution in [3.05, 3.63) is 59.7 Å². The molecule has 0 spiro atoms. The third-order valence-corrected chi connectivity index (χ3v) is 3.99. The van der Waals surface area contributed by atoms with Crippen molar-refractivity contribution in [3.8, 4) is 11.5 Å². The molecule has 2 aromatic carbocycles. The second kappa shape index (κ2) is 8.35. The van der Waals surface area contributed by atoms with Crippen molar-refractivity contribution in [1.82, 2.24) is 10.6 Å². The number of ether oxygens (including phenoxy) is 2. The summed E-state index contributed by atoms with van der Waals surface area (Å²) in [5, 5.41) is 15.3. The lowest BCUT2D eigenvalue weighted by Crippen LogP contribution is -2.40. The Morgan fingerprint density at radius 1 is 1.00 bits per heavy atom. The van der Waals surface area contributed by atoms with Gasteiger partial charge in [0.15, 0.2) is 11.5 Å².